The maximum Gasteiger partial charge on any atom is 0.143 e. The first-order valence-electron chi connectivity index (χ1n) is 21.5. The highest BCUT2D eigenvalue weighted by Crippen LogP contribution is 2.42. The van der Waals surface area contributed by atoms with E-state index in [0.717, 1.165) is 50.1 Å². The van der Waals surface area contributed by atoms with Crippen molar-refractivity contribution >= 4 is 60.5 Å². The summed E-state index contributed by atoms with van der Waals surface area (Å²) in [4.78, 5) is 2.35. The van der Waals surface area contributed by atoms with Crippen molar-refractivity contribution in [3.63, 3.8) is 0 Å². The van der Waals surface area contributed by atoms with Gasteiger partial charge in [0.05, 0.1) is 0 Å². The lowest BCUT2D eigenvalue weighted by molar-refractivity contribution is 0.573. The van der Waals surface area contributed by atoms with Crippen LogP contribution in [0.5, 0.6) is 0 Å². The second-order valence-electron chi connectivity index (χ2n) is 17.4. The summed E-state index contributed by atoms with van der Waals surface area (Å²) in [7, 11) is 0. The van der Waals surface area contributed by atoms with Crippen LogP contribution in [0.15, 0.2) is 223 Å². The van der Waals surface area contributed by atoms with Gasteiger partial charge in [-0.25, -0.2) is 0 Å². The molecule has 0 amide bonds. The molecule has 11 rings (SSSR count). The van der Waals surface area contributed by atoms with E-state index in [1.165, 1.54) is 60.5 Å². The fourth-order valence-corrected chi connectivity index (χ4v) is 9.17. The molecule has 0 spiro atoms. The first-order valence-corrected chi connectivity index (χ1v) is 21.5. The van der Waals surface area contributed by atoms with E-state index in [1.807, 2.05) is 0 Å². The van der Waals surface area contributed by atoms with Crippen molar-refractivity contribution in [2.75, 3.05) is 4.90 Å². The zero-order valence-electron chi connectivity index (χ0n) is 35.1. The number of nitrogens with zero attached hydrogens (tertiary/aromatic N) is 1. The van der Waals surface area contributed by atoms with Gasteiger partial charge in [-0.15, -0.1) is 0 Å². The number of hydrogen-bond acceptors (Lipinski definition) is 2. The van der Waals surface area contributed by atoms with Crippen LogP contribution in [0, 0.1) is 0 Å². The van der Waals surface area contributed by atoms with E-state index in [-0.39, 0.29) is 5.41 Å². The van der Waals surface area contributed by atoms with Gasteiger partial charge in [-0.05, 0) is 108 Å². The van der Waals surface area contributed by atoms with Gasteiger partial charge >= 0.3 is 0 Å². The lowest BCUT2D eigenvalue weighted by atomic mass is 9.86. The zero-order chi connectivity index (χ0) is 41.8. The normalized spacial score (nSPS) is 11.8. The molecule has 0 N–H and O–H groups in total. The standard InChI is InChI=1S/C60H45NO/c1-60(2,3)57-20-10-19-56-55-18-9-17-54(58(55)62-59(56)57)46-31-37-51(38-32-46)61(50-35-29-43(30-36-50)48-26-23-40-11-4-5-13-47(40)39-48)49-33-27-42(28-34-49)41-21-24-45(25-22-41)53-16-8-14-44-12-6-7-15-52(44)53/h4-39H,1-3H3. The van der Waals surface area contributed by atoms with Crippen LogP contribution in [0.2, 0.25) is 0 Å². The summed E-state index contributed by atoms with van der Waals surface area (Å²) < 4.78 is 6.77. The molecule has 0 aliphatic carbocycles. The molecule has 0 saturated heterocycles. The molecule has 0 atom stereocenters. The molecule has 0 unspecified atom stereocenters. The fraction of sp³-hybridized carbons (Fsp3) is 0.0667. The van der Waals surface area contributed by atoms with E-state index < -0.39 is 0 Å². The summed E-state index contributed by atoms with van der Waals surface area (Å²) in [6.45, 7) is 6.74. The number of benzene rings is 10. The summed E-state index contributed by atoms with van der Waals surface area (Å²) in [5.41, 5.74) is 15.8. The molecule has 2 nitrogen and oxygen atoms in total. The van der Waals surface area contributed by atoms with Crippen molar-refractivity contribution in [1.82, 2.24) is 0 Å². The van der Waals surface area contributed by atoms with E-state index in [9.17, 15) is 0 Å². The highest BCUT2D eigenvalue weighted by atomic mass is 16.3. The Morgan fingerprint density at radius 1 is 0.323 bits per heavy atom. The Kier molecular flexibility index (Phi) is 9.09. The van der Waals surface area contributed by atoms with Crippen LogP contribution in [0.25, 0.3) is 88.0 Å². The van der Waals surface area contributed by atoms with Crippen molar-refractivity contribution in [2.24, 2.45) is 0 Å². The molecule has 62 heavy (non-hydrogen) atoms. The molecular weight excluding hydrogens is 751 g/mol. The van der Waals surface area contributed by atoms with Crippen LogP contribution < -0.4 is 4.90 Å². The van der Waals surface area contributed by atoms with E-state index in [1.54, 1.807) is 0 Å². The zero-order valence-corrected chi connectivity index (χ0v) is 35.1. The molecular formula is C60H45NO. The first kappa shape index (κ1) is 37.3. The maximum absolute atomic E-state index is 6.77. The molecule has 0 fully saturated rings. The van der Waals surface area contributed by atoms with Crippen LogP contribution >= 0.6 is 0 Å². The van der Waals surface area contributed by atoms with E-state index >= 15 is 0 Å². The van der Waals surface area contributed by atoms with Gasteiger partial charge in [-0.2, -0.15) is 0 Å². The average molecular weight is 796 g/mol. The van der Waals surface area contributed by atoms with Gasteiger partial charge in [0.2, 0.25) is 0 Å². The minimum Gasteiger partial charge on any atom is -0.455 e. The summed E-state index contributed by atoms with van der Waals surface area (Å²) >= 11 is 0. The van der Waals surface area contributed by atoms with E-state index in [2.05, 4.69) is 244 Å². The average Bonchev–Trinajstić information content (AvgIpc) is 3.71. The molecule has 1 heterocycles. The van der Waals surface area contributed by atoms with E-state index in [4.69, 9.17) is 4.42 Å². The fourth-order valence-electron chi connectivity index (χ4n) is 9.17. The van der Waals surface area contributed by atoms with Gasteiger partial charge in [-0.3, -0.25) is 0 Å². The maximum atomic E-state index is 6.77. The predicted octanol–water partition coefficient (Wildman–Crippen LogP) is 17.3. The SMILES string of the molecule is CC(C)(C)c1cccc2c1oc1c(-c3ccc(N(c4ccc(-c5ccc(-c6cccc7ccccc67)cc5)cc4)c4ccc(-c5ccc6ccccc6c5)cc4)cc3)cccc12. The molecule has 0 radical (unpaired) electrons. The monoisotopic (exact) mass is 795 g/mol. The first-order chi connectivity index (χ1) is 30.4. The molecule has 0 aliphatic rings. The van der Waals surface area contributed by atoms with Gasteiger partial charge < -0.3 is 9.32 Å². The molecule has 1 aromatic heterocycles. The Labute approximate surface area is 363 Å². The second kappa shape index (κ2) is 15.1. The Morgan fingerprint density at radius 2 is 0.758 bits per heavy atom. The topological polar surface area (TPSA) is 16.4 Å². The number of furan rings is 1. The van der Waals surface area contributed by atoms with Gasteiger partial charge in [-0.1, -0.05) is 197 Å². The van der Waals surface area contributed by atoms with Gasteiger partial charge in [0, 0.05) is 39.0 Å². The molecule has 0 aliphatic heterocycles. The number of hydrogen-bond donors (Lipinski definition) is 0. The Morgan fingerprint density at radius 3 is 1.42 bits per heavy atom. The largest absolute Gasteiger partial charge is 0.455 e. The van der Waals surface area contributed by atoms with Gasteiger partial charge in [0.25, 0.3) is 0 Å². The number of fused-ring (bicyclic) bond motifs is 5. The molecule has 2 heteroatoms. The third-order valence-electron chi connectivity index (χ3n) is 12.4. The summed E-state index contributed by atoms with van der Waals surface area (Å²) in [5.74, 6) is 0. The van der Waals surface area contributed by atoms with Crippen molar-refractivity contribution in [3.05, 3.63) is 224 Å². The molecule has 0 saturated carbocycles. The molecule has 0 bridgehead atoms. The third kappa shape index (κ3) is 6.71. The van der Waals surface area contributed by atoms with Crippen LogP contribution in [0.1, 0.15) is 26.3 Å². The van der Waals surface area contributed by atoms with Crippen LogP contribution in [-0.4, -0.2) is 0 Å². The lowest BCUT2D eigenvalue weighted by Gasteiger charge is -2.26. The Bertz CT molecular complexity index is 3400. The minimum atomic E-state index is -0.0345. The van der Waals surface area contributed by atoms with Crippen molar-refractivity contribution < 1.29 is 4.42 Å². The highest BCUT2D eigenvalue weighted by Gasteiger charge is 2.22. The van der Waals surface area contributed by atoms with Crippen LogP contribution in [0.3, 0.4) is 0 Å². The minimum absolute atomic E-state index is 0.0345. The van der Waals surface area contributed by atoms with Crippen molar-refractivity contribution in [3.8, 4) is 44.5 Å². The van der Waals surface area contributed by atoms with Crippen LogP contribution in [0.4, 0.5) is 17.1 Å². The summed E-state index contributed by atoms with van der Waals surface area (Å²) in [6.07, 6.45) is 0. The Hall–Kier alpha value is -7.68. The number of para-hydroxylation sites is 2. The summed E-state index contributed by atoms with van der Waals surface area (Å²) in [6, 6.07) is 79.2. The molecule has 296 valence electrons. The van der Waals surface area contributed by atoms with Crippen LogP contribution in [-0.2, 0) is 5.41 Å². The predicted molar refractivity (Wildman–Crippen MR) is 264 cm³/mol. The number of anilines is 3. The quantitative estimate of drug-likeness (QED) is 0.160. The highest BCUT2D eigenvalue weighted by molar-refractivity contribution is 6.10. The number of rotatable bonds is 7. The Balaban J connectivity index is 0.954. The van der Waals surface area contributed by atoms with E-state index in [0.29, 0.717) is 0 Å². The van der Waals surface area contributed by atoms with Crippen molar-refractivity contribution in [1.29, 1.82) is 0 Å². The second-order valence-corrected chi connectivity index (χ2v) is 17.4. The summed E-state index contributed by atoms with van der Waals surface area (Å²) in [5, 5.41) is 7.32. The van der Waals surface area contributed by atoms with Gasteiger partial charge in [0.15, 0.2) is 0 Å². The van der Waals surface area contributed by atoms with Crippen molar-refractivity contribution in [2.45, 2.75) is 26.2 Å². The van der Waals surface area contributed by atoms with Gasteiger partial charge in [0.1, 0.15) is 11.2 Å². The molecule has 11 aromatic rings. The smallest absolute Gasteiger partial charge is 0.143 e. The molecule has 10 aromatic carbocycles. The third-order valence-corrected chi connectivity index (χ3v) is 12.4. The lowest BCUT2D eigenvalue weighted by Crippen LogP contribution is -2.10.